The lowest BCUT2D eigenvalue weighted by atomic mass is 10.1. The Balaban J connectivity index is 1.68. The van der Waals surface area contributed by atoms with E-state index in [1.165, 1.54) is 0 Å². The lowest BCUT2D eigenvalue weighted by molar-refractivity contribution is -0.149. The second-order valence-corrected chi connectivity index (χ2v) is 8.07. The van der Waals surface area contributed by atoms with Crippen molar-refractivity contribution in [2.45, 2.75) is 26.3 Å². The number of ether oxygens (including phenoxy) is 1. The van der Waals surface area contributed by atoms with Crippen molar-refractivity contribution in [1.82, 2.24) is 5.32 Å². The van der Waals surface area contributed by atoms with Crippen molar-refractivity contribution in [3.05, 3.63) is 35.4 Å². The fraction of sp³-hybridized carbons (Fsp3) is 0.500. The number of carbonyl (C=O) groups is 2. The number of rotatable bonds is 6. The molecule has 0 unspecified atom stereocenters. The Kier molecular flexibility index (Phi) is 5.76. The molecular formula is C16H21NO5S. The van der Waals surface area contributed by atoms with Crippen molar-refractivity contribution in [2.24, 2.45) is 5.92 Å². The van der Waals surface area contributed by atoms with Gasteiger partial charge in [-0.25, -0.2) is 8.42 Å². The number of nitrogens with one attached hydrogen (secondary N) is 1. The summed E-state index contributed by atoms with van der Waals surface area (Å²) in [6.45, 7) is 1.99. The summed E-state index contributed by atoms with van der Waals surface area (Å²) in [5, 5.41) is 2.69. The van der Waals surface area contributed by atoms with Crippen molar-refractivity contribution in [3.63, 3.8) is 0 Å². The molecule has 7 heteroatoms. The summed E-state index contributed by atoms with van der Waals surface area (Å²) in [7, 11) is -3.00. The first-order valence-electron chi connectivity index (χ1n) is 7.53. The molecular weight excluding hydrogens is 318 g/mol. The predicted octanol–water partition coefficient (Wildman–Crippen LogP) is 0.979. The highest BCUT2D eigenvalue weighted by molar-refractivity contribution is 7.91. The Labute approximate surface area is 136 Å². The van der Waals surface area contributed by atoms with Crippen LogP contribution < -0.4 is 5.32 Å². The number of sulfone groups is 1. The molecule has 1 aliphatic heterocycles. The van der Waals surface area contributed by atoms with Gasteiger partial charge in [0.05, 0.1) is 11.5 Å². The van der Waals surface area contributed by atoms with Crippen LogP contribution in [-0.2, 0) is 30.7 Å². The average molecular weight is 339 g/mol. The van der Waals surface area contributed by atoms with Crippen LogP contribution in [0.2, 0.25) is 0 Å². The molecule has 0 saturated carbocycles. The van der Waals surface area contributed by atoms with Crippen LogP contribution in [0.3, 0.4) is 0 Å². The minimum Gasteiger partial charge on any atom is -0.456 e. The van der Waals surface area contributed by atoms with Crippen LogP contribution in [0.1, 0.15) is 24.0 Å². The fourth-order valence-corrected chi connectivity index (χ4v) is 4.39. The Hall–Kier alpha value is -1.89. The highest BCUT2D eigenvalue weighted by Crippen LogP contribution is 2.21. The van der Waals surface area contributed by atoms with E-state index in [9.17, 15) is 18.0 Å². The second kappa shape index (κ2) is 7.59. The maximum absolute atomic E-state index is 11.7. The van der Waals surface area contributed by atoms with E-state index in [2.05, 4.69) is 5.32 Å². The van der Waals surface area contributed by atoms with Crippen molar-refractivity contribution >= 4 is 21.7 Å². The topological polar surface area (TPSA) is 89.5 Å². The molecule has 0 radical (unpaired) electrons. The molecule has 0 bridgehead atoms. The van der Waals surface area contributed by atoms with Gasteiger partial charge in [-0.05, 0) is 30.4 Å². The maximum atomic E-state index is 11.7. The Morgan fingerprint density at radius 2 is 2.04 bits per heavy atom. The minimum atomic E-state index is -3.00. The second-order valence-electron chi connectivity index (χ2n) is 5.84. The summed E-state index contributed by atoms with van der Waals surface area (Å²) in [6.07, 6.45) is 0.529. The quantitative estimate of drug-likeness (QED) is 0.780. The number of carbonyl (C=O) groups excluding carboxylic acids is 2. The molecule has 1 aliphatic rings. The molecule has 2 rings (SSSR count). The number of hydrogen-bond acceptors (Lipinski definition) is 5. The predicted molar refractivity (Wildman–Crippen MR) is 85.4 cm³/mol. The van der Waals surface area contributed by atoms with E-state index in [-0.39, 0.29) is 36.4 Å². The van der Waals surface area contributed by atoms with Gasteiger partial charge < -0.3 is 10.1 Å². The summed E-state index contributed by atoms with van der Waals surface area (Å²) in [5.74, 6) is -0.940. The summed E-state index contributed by atoms with van der Waals surface area (Å²) < 4.78 is 27.5. The molecule has 1 aromatic rings. The first-order valence-corrected chi connectivity index (χ1v) is 9.35. The summed E-state index contributed by atoms with van der Waals surface area (Å²) in [5.41, 5.74) is 2.08. The first-order chi connectivity index (χ1) is 10.9. The third-order valence-corrected chi connectivity index (χ3v) is 5.72. The lowest BCUT2D eigenvalue weighted by Crippen LogP contribution is -2.29. The van der Waals surface area contributed by atoms with E-state index in [1.807, 2.05) is 31.2 Å². The van der Waals surface area contributed by atoms with Crippen molar-refractivity contribution in [1.29, 1.82) is 0 Å². The summed E-state index contributed by atoms with van der Waals surface area (Å²) in [4.78, 5) is 23.3. The molecule has 1 N–H and O–H groups in total. The van der Waals surface area contributed by atoms with Gasteiger partial charge in [0.1, 0.15) is 0 Å². The van der Waals surface area contributed by atoms with Crippen LogP contribution >= 0.6 is 0 Å². The molecule has 0 aromatic heterocycles. The van der Waals surface area contributed by atoms with E-state index < -0.39 is 15.8 Å². The number of amides is 1. The van der Waals surface area contributed by atoms with Gasteiger partial charge >= 0.3 is 5.97 Å². The van der Waals surface area contributed by atoms with E-state index >= 15 is 0 Å². The molecule has 1 saturated heterocycles. The minimum absolute atomic E-state index is 0.0293. The molecule has 0 spiro atoms. The van der Waals surface area contributed by atoms with Gasteiger partial charge in [-0.3, -0.25) is 9.59 Å². The molecule has 1 fully saturated rings. The van der Waals surface area contributed by atoms with E-state index in [0.29, 0.717) is 13.0 Å². The van der Waals surface area contributed by atoms with Crippen LogP contribution in [-0.4, -0.2) is 38.4 Å². The SMILES string of the molecule is Cc1ccccc1CNC(=O)COC(=O)C[C@@H]1CCS(=O)(=O)C1. The van der Waals surface area contributed by atoms with E-state index in [0.717, 1.165) is 11.1 Å². The van der Waals surface area contributed by atoms with E-state index in [1.54, 1.807) is 0 Å². The Morgan fingerprint density at radius 1 is 1.30 bits per heavy atom. The largest absolute Gasteiger partial charge is 0.456 e. The van der Waals surface area contributed by atoms with Gasteiger partial charge in [0.2, 0.25) is 0 Å². The smallest absolute Gasteiger partial charge is 0.306 e. The standard InChI is InChI=1S/C16H21NO5S/c1-12-4-2-3-5-14(12)9-17-15(18)10-22-16(19)8-13-6-7-23(20,21)11-13/h2-5,13H,6-11H2,1H3,(H,17,18)/t13-/m0/s1. The zero-order chi connectivity index (χ0) is 16.9. The fourth-order valence-electron chi connectivity index (χ4n) is 2.53. The molecule has 1 atom stereocenters. The number of aryl methyl sites for hydroxylation is 1. The zero-order valence-electron chi connectivity index (χ0n) is 13.1. The number of benzene rings is 1. The monoisotopic (exact) mass is 339 g/mol. The summed E-state index contributed by atoms with van der Waals surface area (Å²) in [6, 6.07) is 7.69. The van der Waals surface area contributed by atoms with Gasteiger partial charge in [-0.1, -0.05) is 24.3 Å². The molecule has 1 heterocycles. The van der Waals surface area contributed by atoms with Crippen molar-refractivity contribution in [2.75, 3.05) is 18.1 Å². The van der Waals surface area contributed by atoms with Crippen LogP contribution in [0.4, 0.5) is 0 Å². The Morgan fingerprint density at radius 3 is 2.70 bits per heavy atom. The van der Waals surface area contributed by atoms with Crippen LogP contribution in [0, 0.1) is 12.8 Å². The first kappa shape index (κ1) is 17.5. The van der Waals surface area contributed by atoms with Gasteiger partial charge in [0.15, 0.2) is 16.4 Å². The lowest BCUT2D eigenvalue weighted by Gasteiger charge is -2.10. The zero-order valence-corrected chi connectivity index (χ0v) is 13.9. The highest BCUT2D eigenvalue weighted by atomic mass is 32.2. The van der Waals surface area contributed by atoms with Crippen molar-refractivity contribution in [3.8, 4) is 0 Å². The molecule has 6 nitrogen and oxygen atoms in total. The maximum Gasteiger partial charge on any atom is 0.306 e. The molecule has 23 heavy (non-hydrogen) atoms. The number of esters is 1. The van der Waals surface area contributed by atoms with Gasteiger partial charge in [-0.2, -0.15) is 0 Å². The number of hydrogen-bond donors (Lipinski definition) is 1. The third-order valence-electron chi connectivity index (χ3n) is 3.88. The molecule has 1 amide bonds. The normalized spacial score (nSPS) is 19.3. The van der Waals surface area contributed by atoms with Gasteiger partial charge in [-0.15, -0.1) is 0 Å². The van der Waals surface area contributed by atoms with Gasteiger partial charge in [0.25, 0.3) is 5.91 Å². The highest BCUT2D eigenvalue weighted by Gasteiger charge is 2.29. The molecule has 0 aliphatic carbocycles. The average Bonchev–Trinajstić information content (AvgIpc) is 2.83. The van der Waals surface area contributed by atoms with E-state index in [4.69, 9.17) is 4.74 Å². The van der Waals surface area contributed by atoms with Crippen LogP contribution in [0.25, 0.3) is 0 Å². The molecule has 1 aromatic carbocycles. The van der Waals surface area contributed by atoms with Crippen LogP contribution in [0.5, 0.6) is 0 Å². The van der Waals surface area contributed by atoms with Crippen LogP contribution in [0.15, 0.2) is 24.3 Å². The van der Waals surface area contributed by atoms with Gasteiger partial charge in [0, 0.05) is 13.0 Å². The Bertz CT molecular complexity index is 683. The summed E-state index contributed by atoms with van der Waals surface area (Å²) >= 11 is 0. The van der Waals surface area contributed by atoms with Crippen molar-refractivity contribution < 1.29 is 22.7 Å². The molecule has 126 valence electrons. The third kappa shape index (κ3) is 5.67.